The summed E-state index contributed by atoms with van der Waals surface area (Å²) in [6.07, 6.45) is 1.41. The average Bonchev–Trinajstić information content (AvgIpc) is 2.62. The molecule has 1 atom stereocenters. The van der Waals surface area contributed by atoms with E-state index in [0.29, 0.717) is 10.4 Å². The molecule has 0 aliphatic heterocycles. The van der Waals surface area contributed by atoms with Crippen molar-refractivity contribution in [3.05, 3.63) is 77.8 Å². The third-order valence-corrected chi connectivity index (χ3v) is 3.71. The Morgan fingerprint density at radius 2 is 1.72 bits per heavy atom. The summed E-state index contributed by atoms with van der Waals surface area (Å²) in [5.41, 5.74) is 0.830. The van der Waals surface area contributed by atoms with Gasteiger partial charge in [-0.3, -0.25) is 4.79 Å². The zero-order valence-electron chi connectivity index (χ0n) is 13.5. The molecule has 3 rings (SSSR count). The van der Waals surface area contributed by atoms with Crippen LogP contribution in [0.15, 0.2) is 67.0 Å². The number of nitrogens with one attached hydrogen (secondary N) is 1. The van der Waals surface area contributed by atoms with E-state index in [-0.39, 0.29) is 5.56 Å². The second-order valence-corrected chi connectivity index (χ2v) is 5.55. The molecule has 0 aliphatic rings. The number of fused-ring (bicyclic) bond motifs is 1. The largest absolute Gasteiger partial charge is 0.619 e. The molecule has 1 amide bonds. The fourth-order valence-electron chi connectivity index (χ4n) is 2.34. The van der Waals surface area contributed by atoms with Crippen LogP contribution in [0.25, 0.3) is 10.8 Å². The van der Waals surface area contributed by atoms with Crippen molar-refractivity contribution in [3.8, 4) is 0 Å². The van der Waals surface area contributed by atoms with E-state index in [1.54, 1.807) is 6.07 Å². The third kappa shape index (κ3) is 3.92. The van der Waals surface area contributed by atoms with E-state index in [0.717, 1.165) is 10.8 Å². The van der Waals surface area contributed by atoms with Crippen LogP contribution in [0.2, 0.25) is 0 Å². The second-order valence-electron chi connectivity index (χ2n) is 5.55. The molecule has 0 aliphatic carbocycles. The average molecular weight is 336 g/mol. The number of amides is 1. The number of pyridine rings is 1. The summed E-state index contributed by atoms with van der Waals surface area (Å²) >= 11 is 0. The Bertz CT molecular complexity index is 922. The van der Waals surface area contributed by atoms with Gasteiger partial charge < -0.3 is 15.3 Å². The number of carbonyl (C=O) groups is 2. The van der Waals surface area contributed by atoms with E-state index in [4.69, 9.17) is 4.74 Å². The van der Waals surface area contributed by atoms with Crippen LogP contribution in [0.5, 0.6) is 0 Å². The predicted molar refractivity (Wildman–Crippen MR) is 92.9 cm³/mol. The number of ether oxygens (including phenoxy) is 1. The van der Waals surface area contributed by atoms with Crippen LogP contribution in [0.1, 0.15) is 17.3 Å². The highest BCUT2D eigenvalue weighted by atomic mass is 16.5. The Kier molecular flexibility index (Phi) is 4.61. The van der Waals surface area contributed by atoms with E-state index in [9.17, 15) is 14.8 Å². The highest BCUT2D eigenvalue weighted by Crippen LogP contribution is 2.19. The van der Waals surface area contributed by atoms with Gasteiger partial charge in [-0.05, 0) is 29.8 Å². The van der Waals surface area contributed by atoms with Crippen molar-refractivity contribution in [1.29, 1.82) is 0 Å². The second kappa shape index (κ2) is 7.00. The molecule has 1 N–H and O–H groups in total. The topological polar surface area (TPSA) is 82.3 Å². The molecule has 0 spiro atoms. The molecule has 2 aromatic carbocycles. The lowest BCUT2D eigenvalue weighted by atomic mass is 10.1. The van der Waals surface area contributed by atoms with Gasteiger partial charge in [0.05, 0.1) is 5.56 Å². The molecular weight excluding hydrogens is 320 g/mol. The molecular formula is C19H16N2O4. The van der Waals surface area contributed by atoms with Gasteiger partial charge in [-0.1, -0.05) is 30.3 Å². The van der Waals surface area contributed by atoms with Crippen LogP contribution in [0.3, 0.4) is 0 Å². The number of aromatic nitrogens is 1. The van der Waals surface area contributed by atoms with E-state index < -0.39 is 18.0 Å². The molecule has 0 saturated heterocycles. The summed E-state index contributed by atoms with van der Waals surface area (Å²) in [5.74, 6) is -1.10. The van der Waals surface area contributed by atoms with Gasteiger partial charge in [-0.25, -0.2) is 4.79 Å². The lowest BCUT2D eigenvalue weighted by Gasteiger charge is -2.14. The molecule has 6 nitrogen and oxygen atoms in total. The zero-order valence-corrected chi connectivity index (χ0v) is 13.5. The van der Waals surface area contributed by atoms with Crippen LogP contribution in [0, 0.1) is 5.21 Å². The number of nitrogens with zero attached hydrogens (tertiary/aromatic N) is 1. The SMILES string of the molecule is C[C@H](OC(=O)c1cc[n+]([O-])cc1)C(=O)Nc1ccc2ccccc2c1. The van der Waals surface area contributed by atoms with Crippen molar-refractivity contribution in [3.63, 3.8) is 0 Å². The van der Waals surface area contributed by atoms with Crippen molar-refractivity contribution < 1.29 is 19.1 Å². The Morgan fingerprint density at radius 1 is 1.04 bits per heavy atom. The maximum absolute atomic E-state index is 12.2. The first-order chi connectivity index (χ1) is 12.0. The number of esters is 1. The smallest absolute Gasteiger partial charge is 0.339 e. The lowest BCUT2D eigenvalue weighted by molar-refractivity contribution is -0.605. The van der Waals surface area contributed by atoms with E-state index in [1.165, 1.54) is 31.5 Å². The highest BCUT2D eigenvalue weighted by Gasteiger charge is 2.19. The summed E-state index contributed by atoms with van der Waals surface area (Å²) in [7, 11) is 0. The van der Waals surface area contributed by atoms with E-state index >= 15 is 0 Å². The number of rotatable bonds is 4. The zero-order chi connectivity index (χ0) is 17.8. The van der Waals surface area contributed by atoms with Crippen LogP contribution in [-0.2, 0) is 9.53 Å². The van der Waals surface area contributed by atoms with Crippen LogP contribution >= 0.6 is 0 Å². The fourth-order valence-corrected chi connectivity index (χ4v) is 2.34. The molecule has 25 heavy (non-hydrogen) atoms. The number of hydrogen-bond acceptors (Lipinski definition) is 4. The Hall–Kier alpha value is -3.41. The van der Waals surface area contributed by atoms with Crippen molar-refractivity contribution in [2.24, 2.45) is 0 Å². The quantitative estimate of drug-likeness (QED) is 0.451. The molecule has 1 aromatic heterocycles. The van der Waals surface area contributed by atoms with Gasteiger partial charge in [0, 0.05) is 17.8 Å². The van der Waals surface area contributed by atoms with Gasteiger partial charge in [-0.15, -0.1) is 0 Å². The number of benzene rings is 2. The first-order valence-electron chi connectivity index (χ1n) is 7.72. The minimum Gasteiger partial charge on any atom is -0.619 e. The molecule has 0 unspecified atom stereocenters. The summed E-state index contributed by atoms with van der Waals surface area (Å²) < 4.78 is 5.70. The standard InChI is InChI=1S/C19H16N2O4/c1-13(25-19(23)15-8-10-21(24)11-9-15)18(22)20-17-7-6-14-4-2-3-5-16(14)12-17/h2-13H,1H3,(H,20,22)/t13-/m0/s1. The van der Waals surface area contributed by atoms with Gasteiger partial charge in [0.15, 0.2) is 18.5 Å². The molecule has 0 saturated carbocycles. The lowest BCUT2D eigenvalue weighted by Crippen LogP contribution is -2.30. The summed E-state index contributed by atoms with van der Waals surface area (Å²) in [4.78, 5) is 24.2. The van der Waals surface area contributed by atoms with Gasteiger partial charge >= 0.3 is 5.97 Å². The molecule has 1 heterocycles. The van der Waals surface area contributed by atoms with E-state index in [1.807, 2.05) is 36.4 Å². The first kappa shape index (κ1) is 16.4. The van der Waals surface area contributed by atoms with Gasteiger partial charge in [0.25, 0.3) is 5.91 Å². The minimum absolute atomic E-state index is 0.206. The van der Waals surface area contributed by atoms with Crippen LogP contribution in [0.4, 0.5) is 5.69 Å². The van der Waals surface area contributed by atoms with Crippen molar-refractivity contribution in [2.75, 3.05) is 5.32 Å². The maximum atomic E-state index is 12.2. The molecule has 126 valence electrons. The third-order valence-electron chi connectivity index (χ3n) is 3.71. The van der Waals surface area contributed by atoms with Gasteiger partial charge in [0.1, 0.15) is 0 Å². The monoisotopic (exact) mass is 336 g/mol. The fraction of sp³-hybridized carbons (Fsp3) is 0.105. The molecule has 3 aromatic rings. The Labute approximate surface area is 144 Å². The van der Waals surface area contributed by atoms with Crippen LogP contribution in [-0.4, -0.2) is 18.0 Å². The first-order valence-corrected chi connectivity index (χ1v) is 7.72. The number of carbonyl (C=O) groups excluding carboxylic acids is 2. The number of anilines is 1. The van der Waals surface area contributed by atoms with Crippen molar-refractivity contribution >= 4 is 28.3 Å². The van der Waals surface area contributed by atoms with Crippen LogP contribution < -0.4 is 10.0 Å². The van der Waals surface area contributed by atoms with Crippen molar-refractivity contribution in [2.45, 2.75) is 13.0 Å². The van der Waals surface area contributed by atoms with E-state index in [2.05, 4.69) is 5.32 Å². The summed E-state index contributed by atoms with van der Waals surface area (Å²) in [5, 5.41) is 15.8. The Balaban J connectivity index is 1.65. The summed E-state index contributed by atoms with van der Waals surface area (Å²) in [6.45, 7) is 1.49. The normalized spacial score (nSPS) is 11.7. The van der Waals surface area contributed by atoms with Gasteiger partial charge in [0.2, 0.25) is 0 Å². The molecule has 0 bridgehead atoms. The molecule has 6 heteroatoms. The predicted octanol–water partition coefficient (Wildman–Crippen LogP) is 2.66. The number of hydrogen-bond donors (Lipinski definition) is 1. The molecule has 0 fully saturated rings. The maximum Gasteiger partial charge on any atom is 0.339 e. The van der Waals surface area contributed by atoms with Crippen molar-refractivity contribution in [1.82, 2.24) is 0 Å². The van der Waals surface area contributed by atoms with Gasteiger partial charge in [-0.2, -0.15) is 4.73 Å². The minimum atomic E-state index is -0.974. The summed E-state index contributed by atoms with van der Waals surface area (Å²) in [6, 6.07) is 16.0. The Morgan fingerprint density at radius 3 is 2.44 bits per heavy atom. The highest BCUT2D eigenvalue weighted by molar-refractivity contribution is 5.98. The molecule has 0 radical (unpaired) electrons.